The number of hydroxylamine groups is 3. The summed E-state index contributed by atoms with van der Waals surface area (Å²) in [5.74, 6) is 0. The molecule has 0 spiro atoms. The number of nitrogens with zero attached hydrogens (tertiary/aromatic N) is 1. The zero-order valence-corrected chi connectivity index (χ0v) is 8.55. The van der Waals surface area contributed by atoms with Crippen molar-refractivity contribution < 1.29 is 4.65 Å². The molecule has 0 radical (unpaired) electrons. The quantitative estimate of drug-likeness (QED) is 0.261. The first kappa shape index (κ1) is 11.7. The van der Waals surface area contributed by atoms with Gasteiger partial charge < -0.3 is 9.85 Å². The van der Waals surface area contributed by atoms with E-state index in [-0.39, 0.29) is 4.65 Å². The monoisotopic (exact) mass is 171 g/mol. The van der Waals surface area contributed by atoms with Crippen LogP contribution in [0, 0.1) is 5.21 Å². The second-order valence-corrected chi connectivity index (χ2v) is 3.70. The van der Waals surface area contributed by atoms with Crippen LogP contribution in [0.15, 0.2) is 12.2 Å². The van der Waals surface area contributed by atoms with Gasteiger partial charge >= 0.3 is 0 Å². The molecule has 2 heteroatoms. The number of rotatable bonds is 6. The molecule has 0 aromatic heterocycles. The second kappa shape index (κ2) is 6.21. The maximum Gasteiger partial charge on any atom is 0.0814 e. The van der Waals surface area contributed by atoms with Crippen LogP contribution in [0.1, 0.15) is 32.6 Å². The maximum atomic E-state index is 11.1. The molecule has 0 atom stereocenters. The van der Waals surface area contributed by atoms with Crippen LogP contribution in [-0.4, -0.2) is 25.3 Å². The smallest absolute Gasteiger partial charge is 0.0814 e. The lowest BCUT2D eigenvalue weighted by Gasteiger charge is -2.33. The molecule has 0 aromatic carbocycles. The van der Waals surface area contributed by atoms with Crippen LogP contribution in [0.5, 0.6) is 0 Å². The minimum absolute atomic E-state index is 0.182. The van der Waals surface area contributed by atoms with E-state index in [0.29, 0.717) is 6.54 Å². The Balaban J connectivity index is 3.25. The lowest BCUT2D eigenvalue weighted by molar-refractivity contribution is -0.839. The third-order valence-electron chi connectivity index (χ3n) is 1.73. The molecule has 2 nitrogen and oxygen atoms in total. The Bertz CT molecular complexity index is 124. The van der Waals surface area contributed by atoms with Crippen molar-refractivity contribution in [3.63, 3.8) is 0 Å². The number of hydrogen-bond acceptors (Lipinski definition) is 1. The maximum absolute atomic E-state index is 11.1. The molecule has 0 amide bonds. The zero-order chi connectivity index (χ0) is 9.45. The van der Waals surface area contributed by atoms with E-state index in [9.17, 15) is 5.21 Å². The van der Waals surface area contributed by atoms with Crippen LogP contribution in [0.3, 0.4) is 0 Å². The van der Waals surface area contributed by atoms with Crippen molar-refractivity contribution in [1.29, 1.82) is 0 Å². The average molecular weight is 171 g/mol. The van der Waals surface area contributed by atoms with Gasteiger partial charge in [0, 0.05) is 6.42 Å². The molecular formula is C10H21NO. The van der Waals surface area contributed by atoms with E-state index in [4.69, 9.17) is 0 Å². The van der Waals surface area contributed by atoms with E-state index >= 15 is 0 Å². The second-order valence-electron chi connectivity index (χ2n) is 3.70. The van der Waals surface area contributed by atoms with Crippen molar-refractivity contribution in [2.45, 2.75) is 32.6 Å². The average Bonchev–Trinajstić information content (AvgIpc) is 1.94. The molecule has 0 rings (SSSR count). The topological polar surface area (TPSA) is 23.1 Å². The molecule has 0 saturated carbocycles. The van der Waals surface area contributed by atoms with Crippen LogP contribution < -0.4 is 0 Å². The summed E-state index contributed by atoms with van der Waals surface area (Å²) in [7, 11) is 3.36. The Hall–Kier alpha value is -0.340. The molecule has 0 aromatic rings. The van der Waals surface area contributed by atoms with Gasteiger partial charge in [-0.1, -0.05) is 31.9 Å². The number of quaternary nitrogens is 1. The molecule has 12 heavy (non-hydrogen) atoms. The van der Waals surface area contributed by atoms with Gasteiger partial charge in [-0.2, -0.15) is 0 Å². The first-order valence-corrected chi connectivity index (χ1v) is 4.75. The third kappa shape index (κ3) is 9.66. The van der Waals surface area contributed by atoms with Crippen molar-refractivity contribution in [2.75, 3.05) is 20.6 Å². The predicted molar refractivity (Wildman–Crippen MR) is 53.6 cm³/mol. The highest BCUT2D eigenvalue weighted by Crippen LogP contribution is 1.99. The van der Waals surface area contributed by atoms with Crippen LogP contribution in [0.2, 0.25) is 0 Å². The molecule has 0 N–H and O–H groups in total. The van der Waals surface area contributed by atoms with Gasteiger partial charge in [-0.15, -0.1) is 0 Å². The van der Waals surface area contributed by atoms with E-state index in [1.54, 1.807) is 14.1 Å². The molecule has 0 saturated heterocycles. The van der Waals surface area contributed by atoms with Gasteiger partial charge in [-0.25, -0.2) is 0 Å². The molecule has 0 bridgehead atoms. The molecule has 0 fully saturated rings. The van der Waals surface area contributed by atoms with E-state index < -0.39 is 0 Å². The minimum Gasteiger partial charge on any atom is -0.633 e. The van der Waals surface area contributed by atoms with E-state index in [2.05, 4.69) is 19.1 Å². The third-order valence-corrected chi connectivity index (χ3v) is 1.73. The molecule has 0 aliphatic rings. The van der Waals surface area contributed by atoms with Crippen molar-refractivity contribution in [3.05, 3.63) is 17.4 Å². The highest BCUT2D eigenvalue weighted by molar-refractivity contribution is 4.81. The summed E-state index contributed by atoms with van der Waals surface area (Å²) in [5, 5.41) is 11.1. The molecule has 0 aliphatic heterocycles. The van der Waals surface area contributed by atoms with E-state index in [0.717, 1.165) is 12.8 Å². The Labute approximate surface area is 76.1 Å². The van der Waals surface area contributed by atoms with E-state index in [1.165, 1.54) is 12.8 Å². The summed E-state index contributed by atoms with van der Waals surface area (Å²) in [5.41, 5.74) is 0. The Kier molecular flexibility index (Phi) is 6.03. The highest BCUT2D eigenvalue weighted by atomic mass is 16.5. The summed E-state index contributed by atoms with van der Waals surface area (Å²) < 4.78 is -0.182. The lowest BCUT2D eigenvalue weighted by atomic mass is 10.2. The Morgan fingerprint density at radius 3 is 2.25 bits per heavy atom. The predicted octanol–water partition coefficient (Wildman–Crippen LogP) is 2.70. The Morgan fingerprint density at radius 2 is 1.75 bits per heavy atom. The molecular weight excluding hydrogens is 150 g/mol. The van der Waals surface area contributed by atoms with Crippen molar-refractivity contribution in [1.82, 2.24) is 0 Å². The summed E-state index contributed by atoms with van der Waals surface area (Å²) in [4.78, 5) is 0. The molecule has 72 valence electrons. The van der Waals surface area contributed by atoms with Crippen molar-refractivity contribution in [2.24, 2.45) is 0 Å². The summed E-state index contributed by atoms with van der Waals surface area (Å²) in [6.07, 6.45) is 8.86. The Morgan fingerprint density at radius 1 is 1.17 bits per heavy atom. The van der Waals surface area contributed by atoms with Gasteiger partial charge in [-0.3, -0.25) is 0 Å². The van der Waals surface area contributed by atoms with E-state index in [1.807, 2.05) is 0 Å². The number of allylic oxidation sites excluding steroid dienone is 1. The largest absolute Gasteiger partial charge is 0.633 e. The van der Waals surface area contributed by atoms with Crippen LogP contribution >= 0.6 is 0 Å². The standard InChI is InChI=1S/C10H21NO/c1-4-5-6-7-8-9-10-11(2,3)12/h7-8H,4-6,9-10H2,1-3H3/b8-7+. The normalized spacial score (nSPS) is 12.7. The van der Waals surface area contributed by atoms with Crippen LogP contribution in [0.25, 0.3) is 0 Å². The highest BCUT2D eigenvalue weighted by Gasteiger charge is 1.97. The molecule has 0 heterocycles. The number of unbranched alkanes of at least 4 members (excludes halogenated alkanes) is 2. The summed E-state index contributed by atoms with van der Waals surface area (Å²) in [6.45, 7) is 2.87. The van der Waals surface area contributed by atoms with Crippen LogP contribution in [-0.2, 0) is 0 Å². The fourth-order valence-electron chi connectivity index (χ4n) is 0.943. The fourth-order valence-corrected chi connectivity index (χ4v) is 0.943. The van der Waals surface area contributed by atoms with Gasteiger partial charge in [0.2, 0.25) is 0 Å². The van der Waals surface area contributed by atoms with Crippen molar-refractivity contribution in [3.8, 4) is 0 Å². The molecule has 0 unspecified atom stereocenters. The lowest BCUT2D eigenvalue weighted by Crippen LogP contribution is -2.32. The van der Waals surface area contributed by atoms with Gasteiger partial charge in [0.25, 0.3) is 0 Å². The zero-order valence-electron chi connectivity index (χ0n) is 8.55. The fraction of sp³-hybridized carbons (Fsp3) is 0.800. The summed E-state index contributed by atoms with van der Waals surface area (Å²) >= 11 is 0. The first-order valence-electron chi connectivity index (χ1n) is 4.75. The van der Waals surface area contributed by atoms with Gasteiger partial charge in [0.15, 0.2) is 0 Å². The van der Waals surface area contributed by atoms with Crippen LogP contribution in [0.4, 0.5) is 0 Å². The van der Waals surface area contributed by atoms with Gasteiger partial charge in [0.1, 0.15) is 0 Å². The van der Waals surface area contributed by atoms with Crippen molar-refractivity contribution >= 4 is 0 Å². The van der Waals surface area contributed by atoms with Gasteiger partial charge in [0.05, 0.1) is 20.6 Å². The molecule has 0 aliphatic carbocycles. The number of hydrogen-bond donors (Lipinski definition) is 0. The van der Waals surface area contributed by atoms with Gasteiger partial charge in [-0.05, 0) is 6.42 Å². The summed E-state index contributed by atoms with van der Waals surface area (Å²) in [6, 6.07) is 0. The first-order chi connectivity index (χ1) is 5.56. The minimum atomic E-state index is -0.182. The SMILES string of the molecule is CCCC/C=C/CC[N+](C)(C)[O-].